The molecular weight excluding hydrogens is 300 g/mol. The third kappa shape index (κ3) is 4.71. The molecule has 0 radical (unpaired) electrons. The summed E-state index contributed by atoms with van der Waals surface area (Å²) in [6.07, 6.45) is 4.42. The molecule has 0 amide bonds. The summed E-state index contributed by atoms with van der Waals surface area (Å²) in [7, 11) is -0.0621. The first-order valence-electron chi connectivity index (χ1n) is 6.91. The SMILES string of the molecule is CNS(=O)(=O)Nc1ccc(CCN(C)c2ccncc2)cc1. The molecule has 22 heavy (non-hydrogen) atoms. The maximum atomic E-state index is 11.4. The van der Waals surface area contributed by atoms with Crippen molar-refractivity contribution in [1.82, 2.24) is 9.71 Å². The summed E-state index contributed by atoms with van der Waals surface area (Å²) in [6, 6.07) is 11.3. The van der Waals surface area contributed by atoms with Crippen LogP contribution in [0.3, 0.4) is 0 Å². The van der Waals surface area contributed by atoms with Gasteiger partial charge >= 0.3 is 0 Å². The highest BCUT2D eigenvalue weighted by Gasteiger charge is 2.06. The number of anilines is 2. The number of pyridine rings is 1. The van der Waals surface area contributed by atoms with Gasteiger partial charge in [0.1, 0.15) is 0 Å². The number of hydrogen-bond acceptors (Lipinski definition) is 4. The topological polar surface area (TPSA) is 74.3 Å². The minimum absolute atomic E-state index is 0.542. The van der Waals surface area contributed by atoms with Gasteiger partial charge in [0.15, 0.2) is 0 Å². The lowest BCUT2D eigenvalue weighted by Crippen LogP contribution is -2.26. The van der Waals surface area contributed by atoms with E-state index in [-0.39, 0.29) is 0 Å². The van der Waals surface area contributed by atoms with Crippen LogP contribution in [0.5, 0.6) is 0 Å². The number of aromatic nitrogens is 1. The summed E-state index contributed by atoms with van der Waals surface area (Å²) >= 11 is 0. The van der Waals surface area contributed by atoms with E-state index in [0.717, 1.165) is 24.2 Å². The third-order valence-corrected chi connectivity index (χ3v) is 4.36. The predicted molar refractivity (Wildman–Crippen MR) is 89.3 cm³/mol. The standard InChI is InChI=1S/C15H20N4O2S/c1-16-22(20,21)18-14-5-3-13(4-6-14)9-12-19(2)15-7-10-17-11-8-15/h3-8,10-11,16,18H,9,12H2,1-2H3. The van der Waals surface area contributed by atoms with Crippen LogP contribution in [0.25, 0.3) is 0 Å². The molecule has 2 rings (SSSR count). The molecule has 0 aliphatic carbocycles. The molecule has 0 aliphatic heterocycles. The van der Waals surface area contributed by atoms with Crippen molar-refractivity contribution in [2.75, 3.05) is 30.3 Å². The summed E-state index contributed by atoms with van der Waals surface area (Å²) in [5.41, 5.74) is 2.81. The normalized spacial score (nSPS) is 11.2. The van der Waals surface area contributed by atoms with Crippen LogP contribution < -0.4 is 14.3 Å². The van der Waals surface area contributed by atoms with Gasteiger partial charge in [-0.2, -0.15) is 8.42 Å². The molecule has 0 saturated heterocycles. The second kappa shape index (κ2) is 7.24. The van der Waals surface area contributed by atoms with Gasteiger partial charge in [0.05, 0.1) is 0 Å². The Morgan fingerprint density at radius 1 is 1.09 bits per heavy atom. The van der Waals surface area contributed by atoms with Crippen LogP contribution in [-0.2, 0) is 16.6 Å². The van der Waals surface area contributed by atoms with E-state index >= 15 is 0 Å². The number of nitrogens with zero attached hydrogens (tertiary/aromatic N) is 2. The van der Waals surface area contributed by atoms with Crippen molar-refractivity contribution in [3.8, 4) is 0 Å². The molecule has 7 heteroatoms. The minimum Gasteiger partial charge on any atom is -0.374 e. The summed E-state index contributed by atoms with van der Waals surface area (Å²) in [5, 5.41) is 0. The van der Waals surface area contributed by atoms with Gasteiger partial charge in [-0.3, -0.25) is 9.71 Å². The van der Waals surface area contributed by atoms with Crippen LogP contribution >= 0.6 is 0 Å². The fourth-order valence-electron chi connectivity index (χ4n) is 1.97. The van der Waals surface area contributed by atoms with E-state index in [0.29, 0.717) is 5.69 Å². The lowest BCUT2D eigenvalue weighted by Gasteiger charge is -2.19. The molecule has 0 bridgehead atoms. The van der Waals surface area contributed by atoms with Gasteiger partial charge in [-0.15, -0.1) is 0 Å². The van der Waals surface area contributed by atoms with Gasteiger partial charge in [0, 0.05) is 44.4 Å². The largest absolute Gasteiger partial charge is 0.374 e. The zero-order valence-corrected chi connectivity index (χ0v) is 13.5. The molecule has 0 spiro atoms. The highest BCUT2D eigenvalue weighted by molar-refractivity contribution is 7.90. The van der Waals surface area contributed by atoms with E-state index < -0.39 is 10.2 Å². The molecule has 1 aromatic carbocycles. The lowest BCUT2D eigenvalue weighted by atomic mass is 10.1. The molecule has 0 atom stereocenters. The van der Waals surface area contributed by atoms with Crippen molar-refractivity contribution in [1.29, 1.82) is 0 Å². The van der Waals surface area contributed by atoms with E-state index in [2.05, 4.69) is 19.3 Å². The minimum atomic E-state index is -3.46. The molecule has 6 nitrogen and oxygen atoms in total. The Hall–Kier alpha value is -2.12. The second-order valence-corrected chi connectivity index (χ2v) is 6.50. The summed E-state index contributed by atoms with van der Waals surface area (Å²) in [5.74, 6) is 0. The summed E-state index contributed by atoms with van der Waals surface area (Å²) < 4.78 is 27.4. The van der Waals surface area contributed by atoms with E-state index in [1.165, 1.54) is 7.05 Å². The molecule has 0 aliphatic rings. The van der Waals surface area contributed by atoms with Crippen molar-refractivity contribution in [2.24, 2.45) is 0 Å². The Morgan fingerprint density at radius 2 is 1.73 bits per heavy atom. The van der Waals surface area contributed by atoms with E-state index in [9.17, 15) is 8.42 Å². The van der Waals surface area contributed by atoms with Gasteiger partial charge in [-0.05, 0) is 36.2 Å². The zero-order chi connectivity index (χ0) is 16.0. The first-order valence-corrected chi connectivity index (χ1v) is 8.40. The second-order valence-electron chi connectivity index (χ2n) is 4.88. The quantitative estimate of drug-likeness (QED) is 0.813. The molecule has 118 valence electrons. The number of likely N-dealkylation sites (N-methyl/N-ethyl adjacent to an activating group) is 1. The van der Waals surface area contributed by atoms with Gasteiger partial charge in [0.2, 0.25) is 0 Å². The summed E-state index contributed by atoms with van der Waals surface area (Å²) in [4.78, 5) is 6.16. The fourth-order valence-corrected chi connectivity index (χ4v) is 2.52. The summed E-state index contributed by atoms with van der Waals surface area (Å²) in [6.45, 7) is 0.867. The molecule has 0 fully saturated rings. The van der Waals surface area contributed by atoms with Gasteiger partial charge < -0.3 is 4.90 Å². The van der Waals surface area contributed by atoms with Crippen LogP contribution in [0.15, 0.2) is 48.8 Å². The van der Waals surface area contributed by atoms with E-state index in [4.69, 9.17) is 0 Å². The smallest absolute Gasteiger partial charge is 0.298 e. The predicted octanol–water partition coefficient (Wildman–Crippen LogP) is 1.64. The van der Waals surface area contributed by atoms with Gasteiger partial charge in [-0.1, -0.05) is 12.1 Å². The van der Waals surface area contributed by atoms with Crippen molar-refractivity contribution in [3.63, 3.8) is 0 Å². The maximum absolute atomic E-state index is 11.4. The van der Waals surface area contributed by atoms with Crippen molar-refractivity contribution >= 4 is 21.6 Å². The maximum Gasteiger partial charge on any atom is 0.298 e. The molecule has 2 aromatic rings. The molecule has 1 heterocycles. The third-order valence-electron chi connectivity index (χ3n) is 3.31. The highest BCUT2D eigenvalue weighted by Crippen LogP contribution is 2.14. The molecular formula is C15H20N4O2S. The Balaban J connectivity index is 1.92. The van der Waals surface area contributed by atoms with Crippen LogP contribution in [-0.4, -0.2) is 34.0 Å². The fraction of sp³-hybridized carbons (Fsp3) is 0.267. The number of benzene rings is 1. The van der Waals surface area contributed by atoms with Crippen molar-refractivity contribution < 1.29 is 8.42 Å². The van der Waals surface area contributed by atoms with Gasteiger partial charge in [-0.25, -0.2) is 4.72 Å². The zero-order valence-electron chi connectivity index (χ0n) is 12.7. The average molecular weight is 320 g/mol. The average Bonchev–Trinajstić information content (AvgIpc) is 2.54. The monoisotopic (exact) mass is 320 g/mol. The first-order chi connectivity index (χ1) is 10.5. The van der Waals surface area contributed by atoms with E-state index in [1.807, 2.05) is 31.3 Å². The molecule has 0 unspecified atom stereocenters. The van der Waals surface area contributed by atoms with Crippen molar-refractivity contribution in [3.05, 3.63) is 54.4 Å². The van der Waals surface area contributed by atoms with Crippen LogP contribution in [0.4, 0.5) is 11.4 Å². The van der Waals surface area contributed by atoms with Crippen LogP contribution in [0.2, 0.25) is 0 Å². The number of nitrogens with one attached hydrogen (secondary N) is 2. The molecule has 1 aromatic heterocycles. The molecule has 0 saturated carbocycles. The number of rotatable bonds is 7. The van der Waals surface area contributed by atoms with Crippen molar-refractivity contribution in [2.45, 2.75) is 6.42 Å². The lowest BCUT2D eigenvalue weighted by molar-refractivity contribution is 0.593. The van der Waals surface area contributed by atoms with E-state index in [1.54, 1.807) is 24.5 Å². The van der Waals surface area contributed by atoms with Crippen LogP contribution in [0, 0.1) is 0 Å². The molecule has 2 N–H and O–H groups in total. The Kier molecular flexibility index (Phi) is 5.35. The Labute approximate surface area is 131 Å². The number of hydrogen-bond donors (Lipinski definition) is 2. The van der Waals surface area contributed by atoms with Crippen LogP contribution in [0.1, 0.15) is 5.56 Å². The first kappa shape index (κ1) is 16.3. The van der Waals surface area contributed by atoms with Gasteiger partial charge in [0.25, 0.3) is 10.2 Å². The Bertz CT molecular complexity index is 687. The Morgan fingerprint density at radius 3 is 2.32 bits per heavy atom. The highest BCUT2D eigenvalue weighted by atomic mass is 32.2.